The molecule has 116 valence electrons. The number of benzene rings is 1. The molecule has 1 unspecified atom stereocenters. The first-order chi connectivity index (χ1) is 11.1. The molecule has 3 heterocycles. The summed E-state index contributed by atoms with van der Waals surface area (Å²) < 4.78 is 13.1. The highest BCUT2D eigenvalue weighted by atomic mass is 35.5. The summed E-state index contributed by atoms with van der Waals surface area (Å²) in [6.45, 7) is 0. The Morgan fingerprint density at radius 3 is 2.78 bits per heavy atom. The Kier molecular flexibility index (Phi) is 3.23. The van der Waals surface area contributed by atoms with E-state index >= 15 is 0 Å². The maximum absolute atomic E-state index is 13.1. The van der Waals surface area contributed by atoms with E-state index in [0.29, 0.717) is 17.3 Å². The van der Waals surface area contributed by atoms with E-state index in [-0.39, 0.29) is 17.8 Å². The van der Waals surface area contributed by atoms with Gasteiger partial charge in [-0.05, 0) is 29.3 Å². The number of hydrogen-bond acceptors (Lipinski definition) is 3. The fraction of sp³-hybridized carbons (Fsp3) is 0.118. The molecule has 1 atom stereocenters. The Labute approximate surface area is 137 Å². The first-order valence-electron chi connectivity index (χ1n) is 7.21. The topological polar surface area (TPSA) is 44.4 Å². The van der Waals surface area contributed by atoms with Gasteiger partial charge < -0.3 is 15.5 Å². The summed E-state index contributed by atoms with van der Waals surface area (Å²) in [5.74, 6) is -0.352. The van der Waals surface area contributed by atoms with Crippen molar-refractivity contribution in [1.82, 2.24) is 15.5 Å². The van der Waals surface area contributed by atoms with Gasteiger partial charge in [-0.3, -0.25) is 4.79 Å². The number of halogens is 2. The predicted molar refractivity (Wildman–Crippen MR) is 86.0 cm³/mol. The van der Waals surface area contributed by atoms with Crippen molar-refractivity contribution in [3.05, 3.63) is 76.7 Å². The summed E-state index contributed by atoms with van der Waals surface area (Å²) in [5.41, 5.74) is 3.45. The third-order valence-electron chi connectivity index (χ3n) is 4.09. The number of nitrogens with zero attached hydrogens (tertiary/aromatic N) is 1. The van der Waals surface area contributed by atoms with Gasteiger partial charge in [0.2, 0.25) is 5.91 Å². The second-order valence-corrected chi connectivity index (χ2v) is 6.00. The highest BCUT2D eigenvalue weighted by Crippen LogP contribution is 2.33. The van der Waals surface area contributed by atoms with Crippen LogP contribution in [-0.2, 0) is 4.79 Å². The molecule has 3 aliphatic rings. The number of carbonyl (C=O) groups is 1. The Hall–Kier alpha value is -2.53. The lowest BCUT2D eigenvalue weighted by molar-refractivity contribution is -0.123. The van der Waals surface area contributed by atoms with Gasteiger partial charge in [0.1, 0.15) is 17.0 Å². The SMILES string of the molecule is O=C1NC2=CNC(Cl)=CC2=CN2C=C(c3ccc(F)cc3)CC12. The summed E-state index contributed by atoms with van der Waals surface area (Å²) in [6.07, 6.45) is 7.84. The van der Waals surface area contributed by atoms with Gasteiger partial charge in [0.05, 0.1) is 5.70 Å². The van der Waals surface area contributed by atoms with Crippen molar-refractivity contribution in [3.8, 4) is 0 Å². The van der Waals surface area contributed by atoms with Crippen molar-refractivity contribution >= 4 is 23.1 Å². The molecule has 1 aromatic carbocycles. The number of amides is 1. The van der Waals surface area contributed by atoms with E-state index in [4.69, 9.17) is 11.6 Å². The van der Waals surface area contributed by atoms with Crippen LogP contribution in [0.5, 0.6) is 0 Å². The zero-order valence-corrected chi connectivity index (χ0v) is 12.8. The van der Waals surface area contributed by atoms with Crippen molar-refractivity contribution in [3.63, 3.8) is 0 Å². The summed E-state index contributed by atoms with van der Waals surface area (Å²) >= 11 is 5.99. The van der Waals surface area contributed by atoms with Crippen LogP contribution in [0.2, 0.25) is 0 Å². The average molecular weight is 330 g/mol. The predicted octanol–water partition coefficient (Wildman–Crippen LogP) is 2.78. The molecule has 2 N–H and O–H groups in total. The van der Waals surface area contributed by atoms with Crippen molar-refractivity contribution in [2.24, 2.45) is 0 Å². The Balaban J connectivity index is 1.71. The van der Waals surface area contributed by atoms with Crippen LogP contribution in [0.4, 0.5) is 4.39 Å². The number of hydrogen-bond donors (Lipinski definition) is 2. The molecule has 3 aliphatic heterocycles. The molecular weight excluding hydrogens is 317 g/mol. The molecule has 0 spiro atoms. The summed E-state index contributed by atoms with van der Waals surface area (Å²) in [7, 11) is 0. The lowest BCUT2D eigenvalue weighted by Gasteiger charge is -2.17. The average Bonchev–Trinajstić information content (AvgIpc) is 2.89. The molecule has 0 radical (unpaired) electrons. The van der Waals surface area contributed by atoms with Gasteiger partial charge in [0.25, 0.3) is 0 Å². The zero-order valence-electron chi connectivity index (χ0n) is 12.0. The number of fused-ring (bicyclic) bond motifs is 2. The van der Waals surface area contributed by atoms with Gasteiger partial charge in [0.15, 0.2) is 0 Å². The molecule has 0 aliphatic carbocycles. The first kappa shape index (κ1) is 14.1. The summed E-state index contributed by atoms with van der Waals surface area (Å²) in [6, 6.07) is 5.99. The minimum Gasteiger partial charge on any atom is -0.350 e. The number of nitrogens with one attached hydrogen (secondary N) is 2. The second kappa shape index (κ2) is 5.28. The van der Waals surface area contributed by atoms with Gasteiger partial charge in [-0.2, -0.15) is 0 Å². The van der Waals surface area contributed by atoms with Crippen LogP contribution >= 0.6 is 11.6 Å². The highest BCUT2D eigenvalue weighted by molar-refractivity contribution is 6.29. The number of allylic oxidation sites excluding steroid dienone is 1. The lowest BCUT2D eigenvalue weighted by atomic mass is 10.0. The van der Waals surface area contributed by atoms with Crippen LogP contribution in [0, 0.1) is 5.82 Å². The van der Waals surface area contributed by atoms with E-state index in [9.17, 15) is 9.18 Å². The molecule has 0 aromatic heterocycles. The molecule has 6 heteroatoms. The van der Waals surface area contributed by atoms with E-state index < -0.39 is 0 Å². The molecule has 4 nitrogen and oxygen atoms in total. The van der Waals surface area contributed by atoms with E-state index in [0.717, 1.165) is 16.7 Å². The highest BCUT2D eigenvalue weighted by Gasteiger charge is 2.34. The standard InChI is InChI=1S/C17H13ClFN3O/c18-16-6-12-9-22-8-11(10-1-3-13(19)4-2-10)5-15(22)17(23)21-14(12)7-20-16/h1-4,6-9,15,20H,5H2,(H,21,23). The maximum Gasteiger partial charge on any atom is 0.247 e. The number of rotatable bonds is 1. The molecule has 23 heavy (non-hydrogen) atoms. The minimum absolute atomic E-state index is 0.0796. The molecule has 4 rings (SSSR count). The first-order valence-corrected chi connectivity index (χ1v) is 7.59. The summed E-state index contributed by atoms with van der Waals surface area (Å²) in [5, 5.41) is 6.28. The van der Waals surface area contributed by atoms with Crippen molar-refractivity contribution < 1.29 is 9.18 Å². The molecule has 1 aromatic rings. The van der Waals surface area contributed by atoms with Crippen LogP contribution in [0.3, 0.4) is 0 Å². The van der Waals surface area contributed by atoms with Gasteiger partial charge >= 0.3 is 0 Å². The fourth-order valence-corrected chi connectivity index (χ4v) is 3.09. The normalized spacial score (nSPS) is 22.6. The lowest BCUT2D eigenvalue weighted by Crippen LogP contribution is -2.38. The smallest absolute Gasteiger partial charge is 0.247 e. The van der Waals surface area contributed by atoms with E-state index in [1.807, 2.05) is 17.3 Å². The van der Waals surface area contributed by atoms with Gasteiger partial charge in [-0.1, -0.05) is 23.7 Å². The second-order valence-electron chi connectivity index (χ2n) is 5.60. The van der Waals surface area contributed by atoms with Crippen molar-refractivity contribution in [2.45, 2.75) is 12.5 Å². The minimum atomic E-state index is -0.318. The Morgan fingerprint density at radius 2 is 2.00 bits per heavy atom. The van der Waals surface area contributed by atoms with Gasteiger partial charge in [-0.25, -0.2) is 4.39 Å². The monoisotopic (exact) mass is 329 g/mol. The molecule has 0 saturated heterocycles. The van der Waals surface area contributed by atoms with E-state index in [1.165, 1.54) is 12.1 Å². The van der Waals surface area contributed by atoms with Crippen LogP contribution in [0.15, 0.2) is 65.4 Å². The summed E-state index contributed by atoms with van der Waals surface area (Å²) in [4.78, 5) is 14.3. The van der Waals surface area contributed by atoms with E-state index in [2.05, 4.69) is 10.6 Å². The Morgan fingerprint density at radius 1 is 1.22 bits per heavy atom. The molecule has 1 amide bonds. The third-order valence-corrected chi connectivity index (χ3v) is 4.31. The largest absolute Gasteiger partial charge is 0.350 e. The van der Waals surface area contributed by atoms with Crippen LogP contribution < -0.4 is 10.6 Å². The van der Waals surface area contributed by atoms with E-state index in [1.54, 1.807) is 24.4 Å². The zero-order chi connectivity index (χ0) is 16.0. The molecule has 0 fully saturated rings. The van der Waals surface area contributed by atoms with Crippen molar-refractivity contribution in [1.29, 1.82) is 0 Å². The van der Waals surface area contributed by atoms with Crippen LogP contribution in [0.25, 0.3) is 5.57 Å². The fourth-order valence-electron chi connectivity index (χ4n) is 2.92. The molecular formula is C17H13ClFN3O. The van der Waals surface area contributed by atoms with Crippen LogP contribution in [0.1, 0.15) is 12.0 Å². The molecule has 0 bridgehead atoms. The Bertz CT molecular complexity index is 808. The van der Waals surface area contributed by atoms with Crippen molar-refractivity contribution in [2.75, 3.05) is 0 Å². The number of dihydropyridines is 1. The molecule has 0 saturated carbocycles. The van der Waals surface area contributed by atoms with Gasteiger partial charge in [0, 0.05) is 30.6 Å². The number of carbonyl (C=O) groups excluding carboxylic acids is 1. The van der Waals surface area contributed by atoms with Crippen LogP contribution in [-0.4, -0.2) is 16.8 Å². The van der Waals surface area contributed by atoms with Gasteiger partial charge in [-0.15, -0.1) is 0 Å². The third kappa shape index (κ3) is 2.53. The maximum atomic E-state index is 13.1. The quantitative estimate of drug-likeness (QED) is 0.779.